The third-order valence-corrected chi connectivity index (χ3v) is 3.94. The van der Waals surface area contributed by atoms with Gasteiger partial charge in [-0.15, -0.1) is 0 Å². The number of piperidine rings is 1. The van der Waals surface area contributed by atoms with Crippen LogP contribution in [0.25, 0.3) is 0 Å². The molecule has 1 aliphatic rings. The van der Waals surface area contributed by atoms with E-state index in [9.17, 15) is 8.78 Å². The molecule has 0 spiro atoms. The van der Waals surface area contributed by atoms with Gasteiger partial charge in [0.1, 0.15) is 11.6 Å². The number of hydrogen-bond acceptors (Lipinski definition) is 2. The summed E-state index contributed by atoms with van der Waals surface area (Å²) in [6.45, 7) is 4.87. The molecule has 0 saturated carbocycles. The van der Waals surface area contributed by atoms with Crippen LogP contribution in [0, 0.1) is 23.5 Å². The maximum absolute atomic E-state index is 13.6. The van der Waals surface area contributed by atoms with Gasteiger partial charge in [-0.25, -0.2) is 8.78 Å². The van der Waals surface area contributed by atoms with Gasteiger partial charge in [0.05, 0.1) is 0 Å². The summed E-state index contributed by atoms with van der Waals surface area (Å²) < 4.78 is 27.1. The van der Waals surface area contributed by atoms with Crippen molar-refractivity contribution in [2.45, 2.75) is 19.9 Å². The van der Waals surface area contributed by atoms with Crippen molar-refractivity contribution in [3.8, 4) is 0 Å². The standard InChI is InChI=1S/C14H20F2N2/c1-10-5-6-18(8-11(10)7-17)9-12-13(15)3-2-4-14(12)16/h2-4,10-11H,5-9,17H2,1H3. The fourth-order valence-corrected chi connectivity index (χ4v) is 2.58. The van der Waals surface area contributed by atoms with Crippen molar-refractivity contribution in [3.05, 3.63) is 35.4 Å². The molecular weight excluding hydrogens is 234 g/mol. The van der Waals surface area contributed by atoms with E-state index in [0.29, 0.717) is 24.9 Å². The normalized spacial score (nSPS) is 25.3. The van der Waals surface area contributed by atoms with E-state index in [2.05, 4.69) is 11.8 Å². The molecule has 0 bridgehead atoms. The molecule has 2 nitrogen and oxygen atoms in total. The molecule has 4 heteroatoms. The van der Waals surface area contributed by atoms with Crippen molar-refractivity contribution in [3.63, 3.8) is 0 Å². The van der Waals surface area contributed by atoms with Gasteiger partial charge >= 0.3 is 0 Å². The average Bonchev–Trinajstić information content (AvgIpc) is 2.36. The van der Waals surface area contributed by atoms with Crippen LogP contribution in [0.4, 0.5) is 8.78 Å². The highest BCUT2D eigenvalue weighted by Gasteiger charge is 2.26. The minimum Gasteiger partial charge on any atom is -0.330 e. The Balaban J connectivity index is 2.06. The molecule has 2 unspecified atom stereocenters. The summed E-state index contributed by atoms with van der Waals surface area (Å²) in [6.07, 6.45) is 1.04. The second-order valence-corrected chi connectivity index (χ2v) is 5.20. The van der Waals surface area contributed by atoms with E-state index in [1.807, 2.05) is 0 Å². The van der Waals surface area contributed by atoms with Crippen molar-refractivity contribution in [2.24, 2.45) is 17.6 Å². The molecule has 2 rings (SSSR count). The van der Waals surface area contributed by atoms with Crippen molar-refractivity contribution in [2.75, 3.05) is 19.6 Å². The Hall–Kier alpha value is -1.00. The molecule has 1 fully saturated rings. The van der Waals surface area contributed by atoms with Crippen LogP contribution in [0.5, 0.6) is 0 Å². The molecule has 0 amide bonds. The lowest BCUT2D eigenvalue weighted by Gasteiger charge is -2.36. The Morgan fingerprint density at radius 1 is 1.33 bits per heavy atom. The second-order valence-electron chi connectivity index (χ2n) is 5.20. The predicted molar refractivity (Wildman–Crippen MR) is 68.0 cm³/mol. The minimum absolute atomic E-state index is 0.169. The first-order valence-electron chi connectivity index (χ1n) is 6.47. The van der Waals surface area contributed by atoms with Crippen molar-refractivity contribution in [1.29, 1.82) is 0 Å². The van der Waals surface area contributed by atoms with E-state index in [1.165, 1.54) is 18.2 Å². The van der Waals surface area contributed by atoms with Gasteiger partial charge < -0.3 is 5.73 Å². The van der Waals surface area contributed by atoms with Gasteiger partial charge in [-0.1, -0.05) is 13.0 Å². The Morgan fingerprint density at radius 2 is 2.00 bits per heavy atom. The van der Waals surface area contributed by atoms with Crippen LogP contribution in [0.1, 0.15) is 18.9 Å². The van der Waals surface area contributed by atoms with Crippen molar-refractivity contribution >= 4 is 0 Å². The van der Waals surface area contributed by atoms with E-state index >= 15 is 0 Å². The first-order chi connectivity index (χ1) is 8.61. The zero-order valence-corrected chi connectivity index (χ0v) is 10.7. The smallest absolute Gasteiger partial charge is 0.130 e. The maximum atomic E-state index is 13.6. The first kappa shape index (κ1) is 13.4. The Kier molecular flexibility index (Phi) is 4.30. The van der Waals surface area contributed by atoms with Gasteiger partial charge in [0.2, 0.25) is 0 Å². The number of likely N-dealkylation sites (tertiary alicyclic amines) is 1. The van der Waals surface area contributed by atoms with E-state index in [1.54, 1.807) is 0 Å². The summed E-state index contributed by atoms with van der Waals surface area (Å²) >= 11 is 0. The first-order valence-corrected chi connectivity index (χ1v) is 6.47. The fourth-order valence-electron chi connectivity index (χ4n) is 2.58. The fraction of sp³-hybridized carbons (Fsp3) is 0.571. The van der Waals surface area contributed by atoms with Crippen LogP contribution in [0.3, 0.4) is 0 Å². The maximum Gasteiger partial charge on any atom is 0.130 e. The summed E-state index contributed by atoms with van der Waals surface area (Å²) in [5, 5.41) is 0. The molecule has 2 atom stereocenters. The van der Waals surface area contributed by atoms with Gasteiger partial charge in [-0.2, -0.15) is 0 Å². The third kappa shape index (κ3) is 2.87. The highest BCUT2D eigenvalue weighted by molar-refractivity contribution is 5.19. The number of hydrogen-bond donors (Lipinski definition) is 1. The molecule has 1 saturated heterocycles. The number of benzene rings is 1. The topological polar surface area (TPSA) is 29.3 Å². The molecule has 0 aliphatic carbocycles. The SMILES string of the molecule is CC1CCN(Cc2c(F)cccc2F)CC1CN. The largest absolute Gasteiger partial charge is 0.330 e. The molecule has 0 radical (unpaired) electrons. The Labute approximate surface area is 107 Å². The highest BCUT2D eigenvalue weighted by Crippen LogP contribution is 2.24. The zero-order chi connectivity index (χ0) is 13.1. The lowest BCUT2D eigenvalue weighted by molar-refractivity contribution is 0.124. The van der Waals surface area contributed by atoms with Gasteiger partial charge in [0.15, 0.2) is 0 Å². The van der Waals surface area contributed by atoms with Crippen molar-refractivity contribution in [1.82, 2.24) is 4.90 Å². The molecule has 1 aliphatic heterocycles. The van der Waals surface area contributed by atoms with Gasteiger partial charge in [0.25, 0.3) is 0 Å². The zero-order valence-electron chi connectivity index (χ0n) is 10.7. The Bertz CT molecular complexity index is 389. The molecule has 100 valence electrons. The predicted octanol–water partition coefficient (Wildman–Crippen LogP) is 2.38. The summed E-state index contributed by atoms with van der Waals surface area (Å²) in [7, 11) is 0. The molecule has 2 N–H and O–H groups in total. The summed E-state index contributed by atoms with van der Waals surface area (Å²) in [5.41, 5.74) is 5.90. The van der Waals surface area contributed by atoms with E-state index < -0.39 is 11.6 Å². The van der Waals surface area contributed by atoms with E-state index in [4.69, 9.17) is 5.73 Å². The second kappa shape index (κ2) is 5.76. The number of nitrogens with two attached hydrogens (primary N) is 1. The van der Waals surface area contributed by atoms with Gasteiger partial charge in [-0.05, 0) is 43.5 Å². The van der Waals surface area contributed by atoms with E-state index in [-0.39, 0.29) is 5.56 Å². The lowest BCUT2D eigenvalue weighted by Crippen LogP contribution is -2.42. The molecule has 1 heterocycles. The van der Waals surface area contributed by atoms with Gasteiger partial charge in [-0.3, -0.25) is 4.90 Å². The highest BCUT2D eigenvalue weighted by atomic mass is 19.1. The summed E-state index contributed by atoms with van der Waals surface area (Å²) in [6, 6.07) is 4.02. The number of rotatable bonds is 3. The van der Waals surface area contributed by atoms with Crippen LogP contribution in [0.15, 0.2) is 18.2 Å². The van der Waals surface area contributed by atoms with Crippen molar-refractivity contribution < 1.29 is 8.78 Å². The molecule has 1 aromatic rings. The number of nitrogens with zero attached hydrogens (tertiary/aromatic N) is 1. The number of halogens is 2. The lowest BCUT2D eigenvalue weighted by atomic mass is 9.87. The van der Waals surface area contributed by atoms with Crippen LogP contribution in [0.2, 0.25) is 0 Å². The summed E-state index contributed by atoms with van der Waals surface area (Å²) in [5.74, 6) is 0.0983. The van der Waals surface area contributed by atoms with Crippen LogP contribution in [-0.2, 0) is 6.54 Å². The molecule has 18 heavy (non-hydrogen) atoms. The third-order valence-electron chi connectivity index (χ3n) is 3.94. The molecule has 1 aromatic carbocycles. The quantitative estimate of drug-likeness (QED) is 0.897. The molecule has 0 aromatic heterocycles. The summed E-state index contributed by atoms with van der Waals surface area (Å²) in [4.78, 5) is 2.10. The monoisotopic (exact) mass is 254 g/mol. The Morgan fingerprint density at radius 3 is 2.61 bits per heavy atom. The average molecular weight is 254 g/mol. The van der Waals surface area contributed by atoms with Crippen LogP contribution >= 0.6 is 0 Å². The van der Waals surface area contributed by atoms with E-state index in [0.717, 1.165) is 19.5 Å². The van der Waals surface area contributed by atoms with Gasteiger partial charge in [0, 0.05) is 18.7 Å². The minimum atomic E-state index is -0.460. The molecular formula is C14H20F2N2. The van der Waals surface area contributed by atoms with Crippen LogP contribution < -0.4 is 5.73 Å². The van der Waals surface area contributed by atoms with Crippen LogP contribution in [-0.4, -0.2) is 24.5 Å².